The van der Waals surface area contributed by atoms with Gasteiger partial charge in [0.05, 0.1) is 0 Å². The van der Waals surface area contributed by atoms with Gasteiger partial charge in [0, 0.05) is 0 Å². The molecule has 0 aromatic rings. The van der Waals surface area contributed by atoms with E-state index >= 15 is 0 Å². The largest absolute Gasteiger partial charge is 0.0683 e. The van der Waals surface area contributed by atoms with E-state index in [2.05, 4.69) is 41.5 Å². The van der Waals surface area contributed by atoms with Gasteiger partial charge in [-0.3, -0.25) is 0 Å². The van der Waals surface area contributed by atoms with Crippen LogP contribution in [-0.4, -0.2) is 0 Å². The standard InChI is InChI=1S/C8H16.C7H14.C5H10.3C2H6/c1-7-5-3-4-6-8(7)2;1-6-4-3-5-7(6)2;1-4-3-5(4)2;3*1-2/h7-8H,3-6H2,1-2H3;6-7H,3-5H2,1-2H3;4-5H,3H2,1-2H3;3*1-2H3. The maximum atomic E-state index is 2.38. The summed E-state index contributed by atoms with van der Waals surface area (Å²) in [5.74, 6) is 6.14. The molecule has 6 unspecified atom stereocenters. The zero-order valence-electron chi connectivity index (χ0n) is 21.1. The van der Waals surface area contributed by atoms with Crippen molar-refractivity contribution in [3.8, 4) is 0 Å². The minimum Gasteiger partial charge on any atom is -0.0683 e. The van der Waals surface area contributed by atoms with Crippen LogP contribution in [0.15, 0.2) is 0 Å². The molecule has 0 saturated heterocycles. The van der Waals surface area contributed by atoms with Crippen LogP contribution in [0.25, 0.3) is 0 Å². The minimum absolute atomic E-state index is 1.00. The quantitative estimate of drug-likeness (QED) is 0.398. The molecule has 0 bridgehead atoms. The molecule has 0 aliphatic heterocycles. The van der Waals surface area contributed by atoms with E-state index in [0.29, 0.717) is 0 Å². The molecule has 0 heterocycles. The third-order valence-corrected chi connectivity index (χ3v) is 6.34. The fourth-order valence-corrected chi connectivity index (χ4v) is 3.34. The number of rotatable bonds is 0. The average molecular weight is 371 g/mol. The molecule has 3 aliphatic carbocycles. The first-order valence-corrected chi connectivity index (χ1v) is 12.4. The van der Waals surface area contributed by atoms with Crippen molar-refractivity contribution >= 4 is 0 Å². The Labute approximate surface area is 170 Å². The highest BCUT2D eigenvalue weighted by atomic mass is 14.3. The van der Waals surface area contributed by atoms with E-state index in [0.717, 1.165) is 35.5 Å². The normalized spacial score (nSPS) is 33.7. The first kappa shape index (κ1) is 30.7. The van der Waals surface area contributed by atoms with Gasteiger partial charge in [-0.2, -0.15) is 0 Å². The molecule has 162 valence electrons. The van der Waals surface area contributed by atoms with Gasteiger partial charge in [-0.1, -0.05) is 128 Å². The highest BCUT2D eigenvalue weighted by Gasteiger charge is 2.26. The van der Waals surface area contributed by atoms with Crippen LogP contribution in [0.2, 0.25) is 0 Å². The average Bonchev–Trinajstić information content (AvgIpc) is 3.19. The zero-order chi connectivity index (χ0) is 21.1. The molecular weight excluding hydrogens is 312 g/mol. The van der Waals surface area contributed by atoms with Gasteiger partial charge >= 0.3 is 0 Å². The van der Waals surface area contributed by atoms with Gasteiger partial charge in [0.2, 0.25) is 0 Å². The maximum Gasteiger partial charge on any atom is -0.0414 e. The maximum absolute atomic E-state index is 2.38. The zero-order valence-corrected chi connectivity index (χ0v) is 21.1. The van der Waals surface area contributed by atoms with Crippen molar-refractivity contribution < 1.29 is 0 Å². The van der Waals surface area contributed by atoms with Crippen LogP contribution in [-0.2, 0) is 0 Å². The van der Waals surface area contributed by atoms with E-state index in [1.807, 2.05) is 41.5 Å². The van der Waals surface area contributed by atoms with Gasteiger partial charge < -0.3 is 0 Å². The van der Waals surface area contributed by atoms with E-state index in [1.54, 1.807) is 0 Å². The van der Waals surface area contributed by atoms with Crippen LogP contribution in [0.1, 0.15) is 134 Å². The van der Waals surface area contributed by atoms with Crippen LogP contribution in [0.4, 0.5) is 0 Å². The molecule has 3 aliphatic rings. The summed E-state index contributed by atoms with van der Waals surface area (Å²) in [5.41, 5.74) is 0. The second kappa shape index (κ2) is 21.3. The fourth-order valence-electron chi connectivity index (χ4n) is 3.34. The molecule has 0 N–H and O–H groups in total. The molecule has 3 fully saturated rings. The lowest BCUT2D eigenvalue weighted by Gasteiger charge is -2.24. The van der Waals surface area contributed by atoms with Crippen LogP contribution in [0, 0.1) is 35.5 Å². The summed E-state index contributed by atoms with van der Waals surface area (Å²) < 4.78 is 0. The summed E-state index contributed by atoms with van der Waals surface area (Å²) in [6.45, 7) is 26.1. The molecule has 0 aromatic carbocycles. The Morgan fingerprint density at radius 3 is 0.654 bits per heavy atom. The van der Waals surface area contributed by atoms with Crippen LogP contribution >= 0.6 is 0 Å². The molecule has 0 spiro atoms. The van der Waals surface area contributed by atoms with Crippen molar-refractivity contribution in [2.75, 3.05) is 0 Å². The van der Waals surface area contributed by atoms with Crippen molar-refractivity contribution in [3.05, 3.63) is 0 Å². The number of hydrogen-bond donors (Lipinski definition) is 0. The van der Waals surface area contributed by atoms with Crippen LogP contribution in [0.5, 0.6) is 0 Å². The van der Waals surface area contributed by atoms with Crippen molar-refractivity contribution in [1.82, 2.24) is 0 Å². The van der Waals surface area contributed by atoms with Crippen LogP contribution < -0.4 is 0 Å². The molecule has 26 heavy (non-hydrogen) atoms. The summed E-state index contributed by atoms with van der Waals surface area (Å²) >= 11 is 0. The summed E-state index contributed by atoms with van der Waals surface area (Å²) in [7, 11) is 0. The lowest BCUT2D eigenvalue weighted by molar-refractivity contribution is 0.277. The summed E-state index contributed by atoms with van der Waals surface area (Å²) in [6.07, 6.45) is 11.8. The highest BCUT2D eigenvalue weighted by Crippen LogP contribution is 2.36. The predicted octanol–water partition coefficient (Wildman–Crippen LogP) is 10.0. The lowest BCUT2D eigenvalue weighted by atomic mass is 9.82. The van der Waals surface area contributed by atoms with E-state index in [-0.39, 0.29) is 0 Å². The van der Waals surface area contributed by atoms with E-state index in [1.165, 1.54) is 51.4 Å². The fraction of sp³-hybridized carbons (Fsp3) is 1.00. The molecule has 3 saturated carbocycles. The van der Waals surface area contributed by atoms with Gasteiger partial charge in [-0.25, -0.2) is 0 Å². The Morgan fingerprint density at radius 1 is 0.346 bits per heavy atom. The highest BCUT2D eigenvalue weighted by molar-refractivity contribution is 4.76. The Morgan fingerprint density at radius 2 is 0.538 bits per heavy atom. The Kier molecular flexibility index (Phi) is 25.2. The molecule has 6 atom stereocenters. The Balaban J connectivity index is -0.000000270. The lowest BCUT2D eigenvalue weighted by Crippen LogP contribution is -2.12. The minimum atomic E-state index is 1.00. The first-order valence-electron chi connectivity index (χ1n) is 12.4. The van der Waals surface area contributed by atoms with Gasteiger partial charge in [0.15, 0.2) is 0 Å². The first-order chi connectivity index (χ1) is 12.4. The number of hydrogen-bond acceptors (Lipinski definition) is 0. The van der Waals surface area contributed by atoms with Gasteiger partial charge in [-0.05, 0) is 41.9 Å². The second-order valence-corrected chi connectivity index (χ2v) is 8.31. The van der Waals surface area contributed by atoms with Crippen molar-refractivity contribution in [2.24, 2.45) is 35.5 Å². The Hall–Kier alpha value is 0. The Bertz CT molecular complexity index is 220. The topological polar surface area (TPSA) is 0 Å². The van der Waals surface area contributed by atoms with Crippen molar-refractivity contribution in [2.45, 2.75) is 134 Å². The molecule has 3 rings (SSSR count). The molecule has 0 aromatic heterocycles. The van der Waals surface area contributed by atoms with E-state index < -0.39 is 0 Å². The molecular formula is C26H58. The molecule has 0 radical (unpaired) electrons. The monoisotopic (exact) mass is 370 g/mol. The third-order valence-electron chi connectivity index (χ3n) is 6.34. The molecule has 0 amide bonds. The SMILES string of the molecule is CC.CC.CC.CC1CC1C.CC1CCCC1C.CC1CCCCC1C. The third kappa shape index (κ3) is 17.4. The molecule has 0 heteroatoms. The summed E-state index contributed by atoms with van der Waals surface area (Å²) in [6, 6.07) is 0. The van der Waals surface area contributed by atoms with Gasteiger partial charge in [0.25, 0.3) is 0 Å². The summed E-state index contributed by atoms with van der Waals surface area (Å²) in [4.78, 5) is 0. The van der Waals surface area contributed by atoms with Gasteiger partial charge in [0.1, 0.15) is 0 Å². The van der Waals surface area contributed by atoms with Crippen LogP contribution in [0.3, 0.4) is 0 Å². The van der Waals surface area contributed by atoms with Crippen molar-refractivity contribution in [3.63, 3.8) is 0 Å². The van der Waals surface area contributed by atoms with E-state index in [9.17, 15) is 0 Å². The molecule has 0 nitrogen and oxygen atoms in total. The summed E-state index contributed by atoms with van der Waals surface area (Å²) in [5, 5.41) is 0. The predicted molar refractivity (Wildman–Crippen MR) is 126 cm³/mol. The van der Waals surface area contributed by atoms with Gasteiger partial charge in [-0.15, -0.1) is 0 Å². The van der Waals surface area contributed by atoms with Crippen molar-refractivity contribution in [1.29, 1.82) is 0 Å². The smallest absolute Gasteiger partial charge is 0.0414 e. The second-order valence-electron chi connectivity index (χ2n) is 8.31. The van der Waals surface area contributed by atoms with E-state index in [4.69, 9.17) is 0 Å².